The number of thioether (sulfide) groups is 1. The van der Waals surface area contributed by atoms with Gasteiger partial charge in [-0.1, -0.05) is 6.07 Å². The van der Waals surface area contributed by atoms with Crippen molar-refractivity contribution < 1.29 is 18.0 Å². The second-order valence-electron chi connectivity index (χ2n) is 5.69. The molecule has 1 heterocycles. The summed E-state index contributed by atoms with van der Waals surface area (Å²) >= 11 is 2.74. The molecule has 8 heteroatoms. The Morgan fingerprint density at radius 3 is 2.48 bits per heavy atom. The lowest BCUT2D eigenvalue weighted by Gasteiger charge is -2.12. The molecule has 140 valence electrons. The van der Waals surface area contributed by atoms with E-state index in [0.717, 1.165) is 28.4 Å². The molecule has 2 aromatic carbocycles. The van der Waals surface area contributed by atoms with Crippen molar-refractivity contribution in [1.29, 1.82) is 0 Å². The summed E-state index contributed by atoms with van der Waals surface area (Å²) in [5.41, 5.74) is 1.15. The zero-order valence-electron chi connectivity index (χ0n) is 14.2. The molecule has 0 aliphatic carbocycles. The summed E-state index contributed by atoms with van der Waals surface area (Å²) in [6, 6.07) is 9.47. The van der Waals surface area contributed by atoms with Crippen LogP contribution in [0.3, 0.4) is 0 Å². The van der Waals surface area contributed by atoms with E-state index in [1.54, 1.807) is 19.1 Å². The molecule has 1 N–H and O–H groups in total. The van der Waals surface area contributed by atoms with Crippen molar-refractivity contribution in [1.82, 2.24) is 4.98 Å². The number of rotatable bonds is 6. The highest BCUT2D eigenvalue weighted by Crippen LogP contribution is 2.27. The van der Waals surface area contributed by atoms with Gasteiger partial charge in [-0.05, 0) is 43.3 Å². The van der Waals surface area contributed by atoms with Crippen LogP contribution in [-0.4, -0.2) is 16.1 Å². The predicted octanol–water partition coefficient (Wildman–Crippen LogP) is 5.49. The largest absolute Gasteiger partial charge is 0.320 e. The minimum Gasteiger partial charge on any atom is -0.320 e. The first kappa shape index (κ1) is 19.4. The Kier molecular flexibility index (Phi) is 6.18. The van der Waals surface area contributed by atoms with Gasteiger partial charge in [0.25, 0.3) is 0 Å². The van der Waals surface area contributed by atoms with Crippen LogP contribution in [0, 0.1) is 17.5 Å². The third-order valence-electron chi connectivity index (χ3n) is 3.70. The average molecular weight is 408 g/mol. The summed E-state index contributed by atoms with van der Waals surface area (Å²) in [4.78, 5) is 16.7. The van der Waals surface area contributed by atoms with Crippen LogP contribution in [0.1, 0.15) is 12.6 Å². The average Bonchev–Trinajstić information content (AvgIpc) is 3.12. The second kappa shape index (κ2) is 8.58. The Morgan fingerprint density at radius 2 is 1.81 bits per heavy atom. The van der Waals surface area contributed by atoms with Gasteiger partial charge in [0.15, 0.2) is 0 Å². The number of nitrogens with one attached hydrogen (secondary N) is 1. The quantitative estimate of drug-likeness (QED) is 0.587. The number of carbonyl (C=O) groups excluding carboxylic acids is 1. The Hall–Kier alpha value is -2.32. The molecule has 1 aromatic heterocycles. The van der Waals surface area contributed by atoms with Crippen molar-refractivity contribution in [2.45, 2.75) is 17.9 Å². The summed E-state index contributed by atoms with van der Waals surface area (Å²) in [6.45, 7) is 1.66. The summed E-state index contributed by atoms with van der Waals surface area (Å²) in [5.74, 6) is -1.96. The number of para-hydroxylation sites is 1. The Labute approximate surface area is 162 Å². The number of aromatic nitrogens is 1. The second-order valence-corrected chi connectivity index (χ2v) is 7.88. The van der Waals surface area contributed by atoms with E-state index in [1.165, 1.54) is 41.3 Å². The van der Waals surface area contributed by atoms with Crippen LogP contribution in [0.2, 0.25) is 0 Å². The van der Waals surface area contributed by atoms with E-state index in [1.807, 2.05) is 5.38 Å². The lowest BCUT2D eigenvalue weighted by molar-refractivity contribution is -0.115. The van der Waals surface area contributed by atoms with Crippen molar-refractivity contribution in [2.24, 2.45) is 0 Å². The van der Waals surface area contributed by atoms with Crippen LogP contribution in [-0.2, 0) is 10.5 Å². The van der Waals surface area contributed by atoms with Gasteiger partial charge in [0, 0.05) is 16.7 Å². The van der Waals surface area contributed by atoms with Crippen LogP contribution in [0.15, 0.2) is 47.8 Å². The van der Waals surface area contributed by atoms with Crippen molar-refractivity contribution in [3.63, 3.8) is 0 Å². The zero-order valence-corrected chi connectivity index (χ0v) is 15.8. The van der Waals surface area contributed by atoms with Gasteiger partial charge >= 0.3 is 0 Å². The van der Waals surface area contributed by atoms with Crippen molar-refractivity contribution in [3.05, 3.63) is 71.0 Å². The van der Waals surface area contributed by atoms with Crippen LogP contribution in [0.5, 0.6) is 0 Å². The maximum atomic E-state index is 13.6. The minimum absolute atomic E-state index is 0.308. The van der Waals surface area contributed by atoms with Gasteiger partial charge in [0.1, 0.15) is 28.1 Å². The van der Waals surface area contributed by atoms with E-state index in [0.29, 0.717) is 5.75 Å². The highest BCUT2D eigenvalue weighted by Gasteiger charge is 2.18. The standard InChI is InChI=1S/C19H15F3N2OS2/c1-11(18(25)24-17-15(21)3-2-4-16(17)22)26-9-14-10-27-19(23-14)12-5-7-13(20)8-6-12/h2-8,10-11H,9H2,1H3,(H,24,25)/t11-/m1/s1. The van der Waals surface area contributed by atoms with Crippen molar-refractivity contribution in [3.8, 4) is 10.6 Å². The molecular formula is C19H15F3N2OS2. The van der Waals surface area contributed by atoms with Gasteiger partial charge in [0.05, 0.1) is 10.9 Å². The number of amides is 1. The summed E-state index contributed by atoms with van der Waals surface area (Å²) in [6.07, 6.45) is 0. The molecule has 0 unspecified atom stereocenters. The minimum atomic E-state index is -0.816. The zero-order chi connectivity index (χ0) is 19.4. The molecule has 3 aromatic rings. The van der Waals surface area contributed by atoms with Gasteiger partial charge in [-0.2, -0.15) is 0 Å². The number of carbonyl (C=O) groups is 1. The number of nitrogens with zero attached hydrogens (tertiary/aromatic N) is 1. The summed E-state index contributed by atoms with van der Waals surface area (Å²) in [7, 11) is 0. The fourth-order valence-corrected chi connectivity index (χ4v) is 3.94. The molecule has 0 spiro atoms. The number of hydrogen-bond donors (Lipinski definition) is 1. The number of anilines is 1. The molecule has 0 bridgehead atoms. The molecule has 0 aliphatic rings. The maximum Gasteiger partial charge on any atom is 0.237 e. The Morgan fingerprint density at radius 1 is 1.15 bits per heavy atom. The first-order valence-electron chi connectivity index (χ1n) is 8.01. The normalized spacial score (nSPS) is 12.0. The van der Waals surface area contributed by atoms with Crippen LogP contribution in [0.25, 0.3) is 10.6 Å². The van der Waals surface area contributed by atoms with Crippen LogP contribution < -0.4 is 5.32 Å². The van der Waals surface area contributed by atoms with Gasteiger partial charge < -0.3 is 5.32 Å². The van der Waals surface area contributed by atoms with Gasteiger partial charge in [0.2, 0.25) is 5.91 Å². The van der Waals surface area contributed by atoms with E-state index in [2.05, 4.69) is 10.3 Å². The maximum absolute atomic E-state index is 13.6. The Balaban J connectivity index is 1.58. The molecule has 1 amide bonds. The number of hydrogen-bond acceptors (Lipinski definition) is 4. The van der Waals surface area contributed by atoms with E-state index >= 15 is 0 Å². The third-order valence-corrected chi connectivity index (χ3v) is 5.82. The Bertz CT molecular complexity index is 924. The first-order valence-corrected chi connectivity index (χ1v) is 9.93. The molecule has 0 radical (unpaired) electrons. The number of thiazole rings is 1. The first-order chi connectivity index (χ1) is 12.9. The summed E-state index contributed by atoms with van der Waals surface area (Å²) in [5, 5.41) is 4.39. The number of halogens is 3. The van der Waals surface area contributed by atoms with E-state index in [4.69, 9.17) is 0 Å². The fraction of sp³-hybridized carbons (Fsp3) is 0.158. The van der Waals surface area contributed by atoms with E-state index in [9.17, 15) is 18.0 Å². The molecule has 27 heavy (non-hydrogen) atoms. The highest BCUT2D eigenvalue weighted by atomic mass is 32.2. The lowest BCUT2D eigenvalue weighted by Crippen LogP contribution is -2.23. The number of benzene rings is 2. The van der Waals surface area contributed by atoms with Gasteiger partial charge in [-0.25, -0.2) is 18.2 Å². The molecule has 0 saturated heterocycles. The third kappa shape index (κ3) is 4.90. The van der Waals surface area contributed by atoms with Gasteiger partial charge in [-0.3, -0.25) is 4.79 Å². The topological polar surface area (TPSA) is 42.0 Å². The summed E-state index contributed by atoms with van der Waals surface area (Å²) < 4.78 is 40.2. The highest BCUT2D eigenvalue weighted by molar-refractivity contribution is 7.99. The molecule has 3 rings (SSSR count). The molecular weight excluding hydrogens is 393 g/mol. The lowest BCUT2D eigenvalue weighted by atomic mass is 10.2. The predicted molar refractivity (Wildman–Crippen MR) is 103 cm³/mol. The van der Waals surface area contributed by atoms with Crippen LogP contribution >= 0.6 is 23.1 Å². The molecule has 3 nitrogen and oxygen atoms in total. The van der Waals surface area contributed by atoms with Gasteiger partial charge in [-0.15, -0.1) is 23.1 Å². The smallest absolute Gasteiger partial charge is 0.237 e. The van der Waals surface area contributed by atoms with Crippen molar-refractivity contribution in [2.75, 3.05) is 5.32 Å². The molecule has 0 fully saturated rings. The van der Waals surface area contributed by atoms with Crippen LogP contribution in [0.4, 0.5) is 18.9 Å². The SMILES string of the molecule is C[C@@H](SCc1csc(-c2ccc(F)cc2)n1)C(=O)Nc1c(F)cccc1F. The van der Waals surface area contributed by atoms with E-state index in [-0.39, 0.29) is 5.82 Å². The van der Waals surface area contributed by atoms with Crippen molar-refractivity contribution >= 4 is 34.7 Å². The fourth-order valence-electron chi connectivity index (χ4n) is 2.23. The van der Waals surface area contributed by atoms with E-state index < -0.39 is 28.5 Å². The monoisotopic (exact) mass is 408 g/mol. The molecule has 1 atom stereocenters. The molecule has 0 saturated carbocycles. The molecule has 0 aliphatic heterocycles.